The molecule has 0 saturated heterocycles. The van der Waals surface area contributed by atoms with Gasteiger partial charge in [0.25, 0.3) is 0 Å². The van der Waals surface area contributed by atoms with Crippen molar-refractivity contribution in [3.8, 4) is 0 Å². The second kappa shape index (κ2) is 5.56. The van der Waals surface area contributed by atoms with Gasteiger partial charge in [-0.05, 0) is 13.8 Å². The van der Waals surface area contributed by atoms with Gasteiger partial charge in [0, 0.05) is 5.92 Å². The molecule has 0 fully saturated rings. The van der Waals surface area contributed by atoms with Crippen LogP contribution in [0.1, 0.15) is 27.7 Å². The monoisotopic (exact) mass is 187 g/mol. The zero-order valence-electron chi connectivity index (χ0n) is 8.59. The van der Waals surface area contributed by atoms with Crippen molar-refractivity contribution in [3.63, 3.8) is 0 Å². The maximum atomic E-state index is 11.1. The highest BCUT2D eigenvalue weighted by Crippen LogP contribution is 1.94. The number of ether oxygens (including phenoxy) is 1. The van der Waals surface area contributed by atoms with Crippen molar-refractivity contribution in [1.29, 1.82) is 0 Å². The first-order chi connectivity index (χ1) is 5.99. The van der Waals surface area contributed by atoms with Gasteiger partial charge in [-0.15, -0.1) is 0 Å². The quantitative estimate of drug-likeness (QED) is 0.659. The standard InChI is InChI=1S/C9H17NO3/c1-5-13-9(12)7(4)10-8(11)6(2)3/h6-7H,5H2,1-4H3,(H,10,11). The van der Waals surface area contributed by atoms with Gasteiger partial charge in [0.15, 0.2) is 0 Å². The van der Waals surface area contributed by atoms with E-state index >= 15 is 0 Å². The molecule has 0 aromatic heterocycles. The van der Waals surface area contributed by atoms with Crippen molar-refractivity contribution < 1.29 is 14.3 Å². The third-order valence-electron chi connectivity index (χ3n) is 1.52. The summed E-state index contributed by atoms with van der Waals surface area (Å²) in [6.07, 6.45) is 0. The lowest BCUT2D eigenvalue weighted by molar-refractivity contribution is -0.147. The molecule has 0 rings (SSSR count). The third kappa shape index (κ3) is 4.50. The van der Waals surface area contributed by atoms with Gasteiger partial charge < -0.3 is 10.1 Å². The van der Waals surface area contributed by atoms with E-state index in [0.29, 0.717) is 6.61 Å². The van der Waals surface area contributed by atoms with E-state index in [1.54, 1.807) is 27.7 Å². The molecule has 0 aromatic rings. The zero-order chi connectivity index (χ0) is 10.4. The van der Waals surface area contributed by atoms with E-state index in [4.69, 9.17) is 4.74 Å². The summed E-state index contributed by atoms with van der Waals surface area (Å²) < 4.78 is 4.73. The predicted octanol–water partition coefficient (Wildman–Crippen LogP) is 0.710. The summed E-state index contributed by atoms with van der Waals surface area (Å²) in [6, 6.07) is -0.560. The molecule has 0 heterocycles. The van der Waals surface area contributed by atoms with Gasteiger partial charge in [-0.1, -0.05) is 13.8 Å². The molecule has 4 nitrogen and oxygen atoms in total. The Morgan fingerprint density at radius 2 is 1.85 bits per heavy atom. The normalized spacial score (nSPS) is 12.4. The number of hydrogen-bond donors (Lipinski definition) is 1. The molecule has 1 amide bonds. The van der Waals surface area contributed by atoms with Gasteiger partial charge in [-0.2, -0.15) is 0 Å². The average Bonchev–Trinajstić information content (AvgIpc) is 2.04. The van der Waals surface area contributed by atoms with Gasteiger partial charge in [0.1, 0.15) is 6.04 Å². The van der Waals surface area contributed by atoms with Crippen LogP contribution in [0.2, 0.25) is 0 Å². The van der Waals surface area contributed by atoms with Gasteiger partial charge in [0.2, 0.25) is 5.91 Å². The number of hydrogen-bond acceptors (Lipinski definition) is 3. The Labute approximate surface area is 78.6 Å². The Morgan fingerprint density at radius 1 is 1.31 bits per heavy atom. The summed E-state index contributed by atoms with van der Waals surface area (Å²) in [6.45, 7) is 7.22. The molecular weight excluding hydrogens is 170 g/mol. The van der Waals surface area contributed by atoms with E-state index in [1.807, 2.05) is 0 Å². The van der Waals surface area contributed by atoms with E-state index in [1.165, 1.54) is 0 Å². The molecule has 0 bridgehead atoms. The van der Waals surface area contributed by atoms with Crippen molar-refractivity contribution in [2.24, 2.45) is 5.92 Å². The molecule has 0 aliphatic heterocycles. The SMILES string of the molecule is CCOC(=O)C(C)NC(=O)C(C)C. The molecule has 76 valence electrons. The largest absolute Gasteiger partial charge is 0.464 e. The summed E-state index contributed by atoms with van der Waals surface area (Å²) in [7, 11) is 0. The highest BCUT2D eigenvalue weighted by atomic mass is 16.5. The van der Waals surface area contributed by atoms with E-state index in [2.05, 4.69) is 5.32 Å². The smallest absolute Gasteiger partial charge is 0.328 e. The fourth-order valence-electron chi connectivity index (χ4n) is 0.706. The topological polar surface area (TPSA) is 55.4 Å². The Bertz CT molecular complexity index is 189. The Kier molecular flexibility index (Phi) is 5.11. The van der Waals surface area contributed by atoms with Crippen LogP contribution in [0.5, 0.6) is 0 Å². The first-order valence-electron chi connectivity index (χ1n) is 4.46. The molecule has 1 N–H and O–H groups in total. The van der Waals surface area contributed by atoms with Crippen LogP contribution >= 0.6 is 0 Å². The molecule has 4 heteroatoms. The van der Waals surface area contributed by atoms with Gasteiger partial charge in [-0.25, -0.2) is 4.79 Å². The van der Waals surface area contributed by atoms with Crippen LogP contribution in [0.3, 0.4) is 0 Å². The molecule has 0 spiro atoms. The van der Waals surface area contributed by atoms with Crippen LogP contribution in [0.4, 0.5) is 0 Å². The summed E-state index contributed by atoms with van der Waals surface area (Å²) in [5.41, 5.74) is 0. The van der Waals surface area contributed by atoms with Crippen molar-refractivity contribution in [2.75, 3.05) is 6.61 Å². The van der Waals surface area contributed by atoms with E-state index in [9.17, 15) is 9.59 Å². The van der Waals surface area contributed by atoms with E-state index < -0.39 is 12.0 Å². The molecule has 0 radical (unpaired) electrons. The summed E-state index contributed by atoms with van der Waals surface area (Å²) >= 11 is 0. The molecule has 13 heavy (non-hydrogen) atoms. The fourth-order valence-corrected chi connectivity index (χ4v) is 0.706. The number of nitrogens with one attached hydrogen (secondary N) is 1. The van der Waals surface area contributed by atoms with E-state index in [0.717, 1.165) is 0 Å². The molecular formula is C9H17NO3. The maximum absolute atomic E-state index is 11.1. The summed E-state index contributed by atoms with van der Waals surface area (Å²) in [4.78, 5) is 22.2. The van der Waals surface area contributed by atoms with Crippen LogP contribution in [0.25, 0.3) is 0 Å². The van der Waals surface area contributed by atoms with Gasteiger partial charge in [-0.3, -0.25) is 4.79 Å². The number of carbonyl (C=O) groups excluding carboxylic acids is 2. The fraction of sp³-hybridized carbons (Fsp3) is 0.778. The van der Waals surface area contributed by atoms with Gasteiger partial charge in [0.05, 0.1) is 6.61 Å². The number of amides is 1. The Morgan fingerprint density at radius 3 is 2.23 bits per heavy atom. The average molecular weight is 187 g/mol. The first kappa shape index (κ1) is 11.9. The predicted molar refractivity (Wildman–Crippen MR) is 49.1 cm³/mol. The Hall–Kier alpha value is -1.06. The van der Waals surface area contributed by atoms with E-state index in [-0.39, 0.29) is 11.8 Å². The second-order valence-electron chi connectivity index (χ2n) is 3.14. The lowest BCUT2D eigenvalue weighted by atomic mass is 10.2. The van der Waals surface area contributed by atoms with Crippen molar-refractivity contribution in [3.05, 3.63) is 0 Å². The third-order valence-corrected chi connectivity index (χ3v) is 1.52. The molecule has 0 aliphatic rings. The molecule has 0 saturated carbocycles. The number of esters is 1. The Balaban J connectivity index is 3.92. The molecule has 1 atom stereocenters. The van der Waals surface area contributed by atoms with Crippen molar-refractivity contribution in [1.82, 2.24) is 5.32 Å². The van der Waals surface area contributed by atoms with Crippen LogP contribution in [0, 0.1) is 5.92 Å². The van der Waals surface area contributed by atoms with Crippen molar-refractivity contribution >= 4 is 11.9 Å². The number of carbonyl (C=O) groups is 2. The summed E-state index contributed by atoms with van der Waals surface area (Å²) in [5, 5.41) is 2.55. The minimum atomic E-state index is -0.560. The van der Waals surface area contributed by atoms with Crippen LogP contribution < -0.4 is 5.32 Å². The van der Waals surface area contributed by atoms with Crippen LogP contribution in [-0.2, 0) is 14.3 Å². The highest BCUT2D eigenvalue weighted by molar-refractivity contribution is 5.85. The number of rotatable bonds is 4. The zero-order valence-corrected chi connectivity index (χ0v) is 8.59. The maximum Gasteiger partial charge on any atom is 0.328 e. The first-order valence-corrected chi connectivity index (χ1v) is 4.46. The molecule has 0 aromatic carbocycles. The minimum absolute atomic E-state index is 0.114. The van der Waals surface area contributed by atoms with Crippen LogP contribution in [-0.4, -0.2) is 24.5 Å². The summed E-state index contributed by atoms with van der Waals surface area (Å²) in [5.74, 6) is -0.645. The minimum Gasteiger partial charge on any atom is -0.464 e. The van der Waals surface area contributed by atoms with Gasteiger partial charge >= 0.3 is 5.97 Å². The molecule has 1 unspecified atom stereocenters. The highest BCUT2D eigenvalue weighted by Gasteiger charge is 2.17. The van der Waals surface area contributed by atoms with Crippen LogP contribution in [0.15, 0.2) is 0 Å². The lowest BCUT2D eigenvalue weighted by Gasteiger charge is -2.13. The lowest BCUT2D eigenvalue weighted by Crippen LogP contribution is -2.41. The van der Waals surface area contributed by atoms with Crippen molar-refractivity contribution in [2.45, 2.75) is 33.7 Å². The second-order valence-corrected chi connectivity index (χ2v) is 3.14. The molecule has 0 aliphatic carbocycles.